The molecular weight excluding hydrogens is 330 g/mol. The van der Waals surface area contributed by atoms with Gasteiger partial charge in [0.25, 0.3) is 5.91 Å². The average Bonchev–Trinajstić information content (AvgIpc) is 2.56. The quantitative estimate of drug-likeness (QED) is 0.751. The third kappa shape index (κ3) is 5.24. The summed E-state index contributed by atoms with van der Waals surface area (Å²) in [7, 11) is 0. The van der Waals surface area contributed by atoms with E-state index in [9.17, 15) is 9.59 Å². The van der Waals surface area contributed by atoms with Crippen LogP contribution < -0.4 is 10.6 Å². The smallest absolute Gasteiger partial charge is 0.307 e. The van der Waals surface area contributed by atoms with Crippen LogP contribution in [0, 0.1) is 0 Å². The zero-order valence-electron chi connectivity index (χ0n) is 13.2. The molecule has 0 aliphatic heterocycles. The van der Waals surface area contributed by atoms with Crippen LogP contribution in [0.4, 0.5) is 11.5 Å². The van der Waals surface area contributed by atoms with E-state index in [0.717, 1.165) is 0 Å². The van der Waals surface area contributed by atoms with Gasteiger partial charge in [0.1, 0.15) is 5.82 Å². The average molecular weight is 348 g/mol. The van der Waals surface area contributed by atoms with Crippen molar-refractivity contribution >= 4 is 35.0 Å². The number of ether oxygens (including phenoxy) is 1. The monoisotopic (exact) mass is 347 g/mol. The molecule has 0 aliphatic rings. The molecule has 0 saturated heterocycles. The normalized spacial score (nSPS) is 10.1. The Morgan fingerprint density at radius 3 is 2.83 bits per heavy atom. The summed E-state index contributed by atoms with van der Waals surface area (Å²) in [5, 5.41) is 6.28. The van der Waals surface area contributed by atoms with Crippen molar-refractivity contribution in [3.05, 3.63) is 53.2 Å². The summed E-state index contributed by atoms with van der Waals surface area (Å²) in [6.45, 7) is 2.47. The van der Waals surface area contributed by atoms with Gasteiger partial charge in [-0.3, -0.25) is 9.59 Å². The molecule has 24 heavy (non-hydrogen) atoms. The van der Waals surface area contributed by atoms with E-state index in [1.54, 1.807) is 49.5 Å². The van der Waals surface area contributed by atoms with E-state index in [4.69, 9.17) is 16.3 Å². The first kappa shape index (κ1) is 17.7. The Bertz CT molecular complexity index is 722. The van der Waals surface area contributed by atoms with Gasteiger partial charge in [-0.2, -0.15) is 0 Å². The third-order valence-corrected chi connectivity index (χ3v) is 3.30. The van der Waals surface area contributed by atoms with E-state index in [0.29, 0.717) is 35.2 Å². The van der Waals surface area contributed by atoms with Crippen LogP contribution in [0.5, 0.6) is 0 Å². The number of pyridine rings is 1. The van der Waals surface area contributed by atoms with Crippen LogP contribution in [0.2, 0.25) is 5.02 Å². The molecule has 126 valence electrons. The Labute approximate surface area is 145 Å². The van der Waals surface area contributed by atoms with Gasteiger partial charge in [0.15, 0.2) is 0 Å². The molecule has 0 atom stereocenters. The molecule has 2 aromatic rings. The second-order valence-electron chi connectivity index (χ2n) is 4.85. The molecule has 6 nitrogen and oxygen atoms in total. The van der Waals surface area contributed by atoms with E-state index >= 15 is 0 Å². The summed E-state index contributed by atoms with van der Waals surface area (Å²) in [6, 6.07) is 10.1. The van der Waals surface area contributed by atoms with Gasteiger partial charge < -0.3 is 15.4 Å². The zero-order valence-corrected chi connectivity index (χ0v) is 14.0. The lowest BCUT2D eigenvalue weighted by Gasteiger charge is -2.12. The Hall–Kier alpha value is -2.60. The highest BCUT2D eigenvalue weighted by Gasteiger charge is 2.10. The second kappa shape index (κ2) is 8.88. The highest BCUT2D eigenvalue weighted by atomic mass is 35.5. The van der Waals surface area contributed by atoms with Crippen LogP contribution in [-0.2, 0) is 9.53 Å². The van der Waals surface area contributed by atoms with E-state index in [1.165, 1.54) is 0 Å². The van der Waals surface area contributed by atoms with Gasteiger partial charge in [0, 0.05) is 23.3 Å². The van der Waals surface area contributed by atoms with Crippen LogP contribution in [0.1, 0.15) is 23.7 Å². The van der Waals surface area contributed by atoms with Crippen molar-refractivity contribution in [2.24, 2.45) is 0 Å². The highest BCUT2D eigenvalue weighted by Crippen LogP contribution is 2.19. The molecule has 1 aromatic carbocycles. The van der Waals surface area contributed by atoms with Gasteiger partial charge in [-0.25, -0.2) is 4.98 Å². The number of amides is 1. The third-order valence-electron chi connectivity index (χ3n) is 3.07. The van der Waals surface area contributed by atoms with Crippen molar-refractivity contribution < 1.29 is 14.3 Å². The molecule has 0 radical (unpaired) electrons. The molecule has 0 saturated carbocycles. The summed E-state index contributed by atoms with van der Waals surface area (Å²) in [6.07, 6.45) is 1.81. The standard InChI is InChI=1S/C17H18ClN3O3/c1-2-24-15(22)8-10-20-16-14(7-4-9-19-16)21-17(23)12-5-3-6-13(18)11-12/h3-7,9,11H,2,8,10H2,1H3,(H,19,20)(H,21,23). The summed E-state index contributed by atoms with van der Waals surface area (Å²) in [5.41, 5.74) is 0.968. The van der Waals surface area contributed by atoms with Crippen LogP contribution >= 0.6 is 11.6 Å². The minimum Gasteiger partial charge on any atom is -0.466 e. The second-order valence-corrected chi connectivity index (χ2v) is 5.28. The first-order valence-corrected chi connectivity index (χ1v) is 7.89. The SMILES string of the molecule is CCOC(=O)CCNc1ncccc1NC(=O)c1cccc(Cl)c1. The molecule has 7 heteroatoms. The summed E-state index contributed by atoms with van der Waals surface area (Å²) in [4.78, 5) is 27.8. The number of hydrogen-bond donors (Lipinski definition) is 2. The maximum Gasteiger partial charge on any atom is 0.307 e. The minimum absolute atomic E-state index is 0.214. The Morgan fingerprint density at radius 1 is 1.25 bits per heavy atom. The number of nitrogens with one attached hydrogen (secondary N) is 2. The first-order valence-electron chi connectivity index (χ1n) is 7.51. The maximum absolute atomic E-state index is 12.3. The van der Waals surface area contributed by atoms with E-state index in [2.05, 4.69) is 15.6 Å². The lowest BCUT2D eigenvalue weighted by Crippen LogP contribution is -2.16. The van der Waals surface area contributed by atoms with Crippen molar-refractivity contribution in [1.29, 1.82) is 0 Å². The predicted octanol–water partition coefficient (Wildman–Crippen LogP) is 3.35. The largest absolute Gasteiger partial charge is 0.466 e. The highest BCUT2D eigenvalue weighted by molar-refractivity contribution is 6.31. The molecule has 1 amide bonds. The van der Waals surface area contributed by atoms with Crippen LogP contribution in [0.15, 0.2) is 42.6 Å². The number of benzene rings is 1. The molecule has 0 fully saturated rings. The van der Waals surface area contributed by atoms with Gasteiger partial charge in [0.2, 0.25) is 0 Å². The fourth-order valence-electron chi connectivity index (χ4n) is 1.99. The van der Waals surface area contributed by atoms with Gasteiger partial charge in [-0.05, 0) is 37.3 Å². The van der Waals surface area contributed by atoms with Gasteiger partial charge in [-0.1, -0.05) is 17.7 Å². The minimum atomic E-state index is -0.293. The van der Waals surface area contributed by atoms with Crippen molar-refractivity contribution in [2.75, 3.05) is 23.8 Å². The number of aromatic nitrogens is 1. The zero-order chi connectivity index (χ0) is 17.4. The van der Waals surface area contributed by atoms with Crippen LogP contribution in [-0.4, -0.2) is 30.0 Å². The summed E-state index contributed by atoms with van der Waals surface area (Å²) >= 11 is 5.90. The number of nitrogens with zero attached hydrogens (tertiary/aromatic N) is 1. The lowest BCUT2D eigenvalue weighted by molar-refractivity contribution is -0.142. The van der Waals surface area contributed by atoms with Gasteiger partial charge in [-0.15, -0.1) is 0 Å². The Morgan fingerprint density at radius 2 is 2.08 bits per heavy atom. The molecule has 2 rings (SSSR count). The summed E-state index contributed by atoms with van der Waals surface area (Å²) < 4.78 is 4.86. The van der Waals surface area contributed by atoms with Crippen LogP contribution in [0.3, 0.4) is 0 Å². The number of carbonyl (C=O) groups is 2. The molecule has 0 spiro atoms. The van der Waals surface area contributed by atoms with E-state index < -0.39 is 0 Å². The van der Waals surface area contributed by atoms with E-state index in [-0.39, 0.29) is 18.3 Å². The van der Waals surface area contributed by atoms with Crippen molar-refractivity contribution in [1.82, 2.24) is 4.98 Å². The Kier molecular flexibility index (Phi) is 6.57. The first-order chi connectivity index (χ1) is 11.6. The topological polar surface area (TPSA) is 80.3 Å². The summed E-state index contributed by atoms with van der Waals surface area (Å²) in [5.74, 6) is -0.0958. The number of anilines is 2. The van der Waals surface area contributed by atoms with Crippen molar-refractivity contribution in [3.8, 4) is 0 Å². The molecule has 0 unspecified atom stereocenters. The van der Waals surface area contributed by atoms with Crippen molar-refractivity contribution in [2.45, 2.75) is 13.3 Å². The molecule has 2 N–H and O–H groups in total. The van der Waals surface area contributed by atoms with Gasteiger partial charge >= 0.3 is 5.97 Å². The molecule has 0 aliphatic carbocycles. The fourth-order valence-corrected chi connectivity index (χ4v) is 2.18. The molecule has 0 bridgehead atoms. The predicted molar refractivity (Wildman–Crippen MR) is 93.4 cm³/mol. The number of halogens is 1. The lowest BCUT2D eigenvalue weighted by atomic mass is 10.2. The van der Waals surface area contributed by atoms with E-state index in [1.807, 2.05) is 0 Å². The maximum atomic E-state index is 12.3. The van der Waals surface area contributed by atoms with Crippen molar-refractivity contribution in [3.63, 3.8) is 0 Å². The number of rotatable bonds is 7. The Balaban J connectivity index is 2.00. The molecule has 1 aromatic heterocycles. The number of hydrogen-bond acceptors (Lipinski definition) is 5. The number of esters is 1. The molecule has 1 heterocycles. The van der Waals surface area contributed by atoms with Gasteiger partial charge in [0.05, 0.1) is 18.7 Å². The molecular formula is C17H18ClN3O3. The number of carbonyl (C=O) groups excluding carboxylic acids is 2. The van der Waals surface area contributed by atoms with Crippen LogP contribution in [0.25, 0.3) is 0 Å². The fraction of sp³-hybridized carbons (Fsp3) is 0.235.